The van der Waals surface area contributed by atoms with Crippen LogP contribution in [0.5, 0.6) is 5.75 Å². The van der Waals surface area contributed by atoms with Gasteiger partial charge in [0, 0.05) is 0 Å². The highest BCUT2D eigenvalue weighted by molar-refractivity contribution is 5.66. The molecule has 0 aliphatic heterocycles. The Kier molecular flexibility index (Phi) is 4.13. The smallest absolute Gasteiger partial charge is 0.119 e. The van der Waals surface area contributed by atoms with Crippen LogP contribution in [-0.2, 0) is 0 Å². The molecule has 1 nitrogen and oxygen atoms in total. The van der Waals surface area contributed by atoms with Crippen molar-refractivity contribution in [2.24, 2.45) is 0 Å². The van der Waals surface area contributed by atoms with E-state index in [0.29, 0.717) is 12.9 Å². The zero-order chi connectivity index (χ0) is 12.8. The second-order valence-electron chi connectivity index (χ2n) is 3.87. The fraction of sp³-hybridized carbons (Fsp3) is 0.125. The van der Waals surface area contributed by atoms with E-state index < -0.39 is 0 Å². The molecule has 0 saturated carbocycles. The van der Waals surface area contributed by atoms with Crippen LogP contribution in [0.3, 0.4) is 0 Å². The molecule has 0 saturated heterocycles. The number of ether oxygens (including phenoxy) is 1. The van der Waals surface area contributed by atoms with E-state index in [-0.39, 0.29) is 0 Å². The number of hydrogen-bond acceptors (Lipinski definition) is 1. The molecule has 0 spiro atoms. The predicted molar refractivity (Wildman–Crippen MR) is 73.2 cm³/mol. The largest absolute Gasteiger partial charge is 0.494 e. The third-order valence-corrected chi connectivity index (χ3v) is 2.66. The van der Waals surface area contributed by atoms with Crippen LogP contribution in [0.4, 0.5) is 4.39 Å². The molecule has 0 bridgehead atoms. The van der Waals surface area contributed by atoms with Crippen LogP contribution < -0.4 is 4.74 Å². The average Bonchev–Trinajstić information content (AvgIpc) is 2.41. The Hall–Kier alpha value is -2.09. The molecule has 2 aromatic carbocycles. The molecule has 0 unspecified atom stereocenters. The molecule has 2 aromatic rings. The van der Waals surface area contributed by atoms with Crippen molar-refractivity contribution in [1.29, 1.82) is 0 Å². The summed E-state index contributed by atoms with van der Waals surface area (Å²) in [5.41, 5.74) is 3.08. The molecular formula is C16H15FO. The second-order valence-corrected chi connectivity index (χ2v) is 3.87. The minimum absolute atomic E-state index is 0.548. The van der Waals surface area contributed by atoms with Crippen molar-refractivity contribution in [3.05, 3.63) is 60.4 Å². The van der Waals surface area contributed by atoms with Crippen molar-refractivity contribution in [2.45, 2.75) is 6.92 Å². The first kappa shape index (κ1) is 12.4. The minimum Gasteiger partial charge on any atom is -0.494 e. The summed E-state index contributed by atoms with van der Waals surface area (Å²) in [4.78, 5) is 0. The van der Waals surface area contributed by atoms with Crippen LogP contribution in [0.15, 0.2) is 54.9 Å². The monoisotopic (exact) mass is 242 g/mol. The third-order valence-electron chi connectivity index (χ3n) is 2.66. The summed E-state index contributed by atoms with van der Waals surface area (Å²) in [5, 5.41) is 0. The van der Waals surface area contributed by atoms with E-state index in [1.807, 2.05) is 55.5 Å². The molecule has 0 amide bonds. The lowest BCUT2D eigenvalue weighted by atomic mass is 10.0. The van der Waals surface area contributed by atoms with Crippen LogP contribution in [-0.4, -0.2) is 6.61 Å². The van der Waals surface area contributed by atoms with E-state index in [2.05, 4.69) is 0 Å². The van der Waals surface area contributed by atoms with Gasteiger partial charge < -0.3 is 4.74 Å². The van der Waals surface area contributed by atoms with Gasteiger partial charge in [-0.15, -0.1) is 0 Å². The fourth-order valence-electron chi connectivity index (χ4n) is 1.77. The van der Waals surface area contributed by atoms with Crippen molar-refractivity contribution < 1.29 is 9.13 Å². The van der Waals surface area contributed by atoms with Gasteiger partial charge in [-0.1, -0.05) is 36.4 Å². The summed E-state index contributed by atoms with van der Waals surface area (Å²) in [5.74, 6) is 0.873. The fourth-order valence-corrected chi connectivity index (χ4v) is 1.77. The van der Waals surface area contributed by atoms with Crippen LogP contribution >= 0.6 is 0 Å². The highest BCUT2D eigenvalue weighted by Gasteiger charge is 1.98. The van der Waals surface area contributed by atoms with Gasteiger partial charge in [0.15, 0.2) is 0 Å². The van der Waals surface area contributed by atoms with Gasteiger partial charge in [-0.05, 0) is 41.8 Å². The number of rotatable bonds is 4. The summed E-state index contributed by atoms with van der Waals surface area (Å²) in [6.07, 6.45) is 1.98. The van der Waals surface area contributed by atoms with E-state index in [1.54, 1.807) is 0 Å². The highest BCUT2D eigenvalue weighted by Crippen LogP contribution is 2.23. The van der Waals surface area contributed by atoms with Gasteiger partial charge in [-0.3, -0.25) is 0 Å². The molecule has 0 N–H and O–H groups in total. The van der Waals surface area contributed by atoms with E-state index in [9.17, 15) is 4.39 Å². The number of halogens is 1. The lowest BCUT2D eigenvalue weighted by Gasteiger charge is -2.05. The summed E-state index contributed by atoms with van der Waals surface area (Å²) in [7, 11) is 0. The molecule has 0 atom stereocenters. The average molecular weight is 242 g/mol. The zero-order valence-electron chi connectivity index (χ0n) is 10.3. The zero-order valence-corrected chi connectivity index (χ0v) is 10.3. The predicted octanol–water partition coefficient (Wildman–Crippen LogP) is 4.69. The Labute approximate surface area is 107 Å². The maximum atomic E-state index is 12.0. The van der Waals surface area contributed by atoms with Gasteiger partial charge >= 0.3 is 0 Å². The van der Waals surface area contributed by atoms with Gasteiger partial charge in [-0.25, -0.2) is 4.39 Å². The van der Waals surface area contributed by atoms with Crippen LogP contribution in [0, 0.1) is 0 Å². The summed E-state index contributed by atoms with van der Waals surface area (Å²) < 4.78 is 17.4. The molecule has 18 heavy (non-hydrogen) atoms. The van der Waals surface area contributed by atoms with Crippen molar-refractivity contribution in [1.82, 2.24) is 0 Å². The molecule has 0 heterocycles. The van der Waals surface area contributed by atoms with Gasteiger partial charge in [0.2, 0.25) is 0 Å². The maximum Gasteiger partial charge on any atom is 0.119 e. The Morgan fingerprint density at radius 1 is 0.944 bits per heavy atom. The molecule has 0 fully saturated rings. The van der Waals surface area contributed by atoms with E-state index in [1.165, 1.54) is 6.08 Å². The Morgan fingerprint density at radius 2 is 1.50 bits per heavy atom. The SMILES string of the molecule is CCOc1ccc(-c2ccc(C=CF)cc2)cc1. The maximum absolute atomic E-state index is 12.0. The van der Waals surface area contributed by atoms with Crippen LogP contribution in [0.2, 0.25) is 0 Å². The van der Waals surface area contributed by atoms with E-state index >= 15 is 0 Å². The van der Waals surface area contributed by atoms with Gasteiger partial charge in [0.1, 0.15) is 5.75 Å². The lowest BCUT2D eigenvalue weighted by molar-refractivity contribution is 0.340. The summed E-state index contributed by atoms with van der Waals surface area (Å²) >= 11 is 0. The molecular weight excluding hydrogens is 227 g/mol. The van der Waals surface area contributed by atoms with Crippen LogP contribution in [0.25, 0.3) is 17.2 Å². The molecule has 92 valence electrons. The van der Waals surface area contributed by atoms with E-state index in [4.69, 9.17) is 4.74 Å². The summed E-state index contributed by atoms with van der Waals surface area (Å²) in [6.45, 7) is 2.63. The normalized spacial score (nSPS) is 10.8. The van der Waals surface area contributed by atoms with Gasteiger partial charge in [-0.2, -0.15) is 0 Å². The number of hydrogen-bond donors (Lipinski definition) is 0. The summed E-state index contributed by atoms with van der Waals surface area (Å²) in [6, 6.07) is 15.7. The molecule has 0 radical (unpaired) electrons. The first-order valence-corrected chi connectivity index (χ1v) is 5.93. The molecule has 0 aliphatic rings. The molecule has 2 rings (SSSR count). The van der Waals surface area contributed by atoms with Gasteiger partial charge in [0.25, 0.3) is 0 Å². The van der Waals surface area contributed by atoms with Crippen molar-refractivity contribution in [3.63, 3.8) is 0 Å². The van der Waals surface area contributed by atoms with E-state index in [0.717, 1.165) is 22.4 Å². The number of benzene rings is 2. The first-order valence-electron chi connectivity index (χ1n) is 5.93. The quantitative estimate of drug-likeness (QED) is 0.755. The minimum atomic E-state index is 0.548. The Balaban J connectivity index is 2.20. The molecule has 0 aliphatic carbocycles. The first-order chi connectivity index (χ1) is 8.83. The molecule has 0 aromatic heterocycles. The Morgan fingerprint density at radius 3 is 2.00 bits per heavy atom. The standard InChI is InChI=1S/C16H15FO/c1-2-18-16-9-7-15(8-10-16)14-5-3-13(4-6-14)11-12-17/h3-12H,2H2,1H3. The van der Waals surface area contributed by atoms with Crippen molar-refractivity contribution in [2.75, 3.05) is 6.61 Å². The highest BCUT2D eigenvalue weighted by atomic mass is 19.1. The van der Waals surface area contributed by atoms with Crippen LogP contribution in [0.1, 0.15) is 12.5 Å². The third kappa shape index (κ3) is 2.98. The Bertz CT molecular complexity index is 512. The second kappa shape index (κ2) is 6.01. The van der Waals surface area contributed by atoms with Gasteiger partial charge in [0.05, 0.1) is 12.9 Å². The topological polar surface area (TPSA) is 9.23 Å². The van der Waals surface area contributed by atoms with Crippen molar-refractivity contribution in [3.8, 4) is 16.9 Å². The lowest BCUT2D eigenvalue weighted by Crippen LogP contribution is -1.90. The van der Waals surface area contributed by atoms with Crippen molar-refractivity contribution >= 4 is 6.08 Å². The molecule has 2 heteroatoms.